The van der Waals surface area contributed by atoms with Gasteiger partial charge >= 0.3 is 0 Å². The highest BCUT2D eigenvalue weighted by molar-refractivity contribution is 5.48. The van der Waals surface area contributed by atoms with Crippen LogP contribution in [0.3, 0.4) is 0 Å². The zero-order chi connectivity index (χ0) is 11.6. The minimum absolute atomic E-state index is 0.00502. The quantitative estimate of drug-likeness (QED) is 0.729. The molecule has 0 amide bonds. The average Bonchev–Trinajstić information content (AvgIpc) is 2.34. The molecular weight excluding hydrogens is 202 g/mol. The number of rotatable bonds is 7. The van der Waals surface area contributed by atoms with Gasteiger partial charge in [-0.15, -0.1) is 0 Å². The van der Waals surface area contributed by atoms with Gasteiger partial charge in [0.2, 0.25) is 0 Å². The van der Waals surface area contributed by atoms with Gasteiger partial charge in [0.15, 0.2) is 0 Å². The molecule has 16 heavy (non-hydrogen) atoms. The standard InChI is InChI=1S/C13H19NO2/c1-16-11-13(10-15)14-9-5-8-12-6-3-2-4-7-12/h2-8,13-15H,9-11H2,1H3/b8-5+. The van der Waals surface area contributed by atoms with Gasteiger partial charge in [0.25, 0.3) is 0 Å². The van der Waals surface area contributed by atoms with Crippen LogP contribution in [0.25, 0.3) is 6.08 Å². The Morgan fingerprint density at radius 1 is 1.38 bits per heavy atom. The van der Waals surface area contributed by atoms with E-state index in [1.165, 1.54) is 5.56 Å². The number of benzene rings is 1. The number of ether oxygens (including phenoxy) is 1. The third kappa shape index (κ3) is 5.07. The summed E-state index contributed by atoms with van der Waals surface area (Å²) in [6.45, 7) is 1.34. The summed E-state index contributed by atoms with van der Waals surface area (Å²) >= 11 is 0. The number of aliphatic hydroxyl groups excluding tert-OH is 1. The first-order valence-corrected chi connectivity index (χ1v) is 5.41. The molecule has 1 unspecified atom stereocenters. The lowest BCUT2D eigenvalue weighted by Crippen LogP contribution is -2.36. The number of nitrogens with one attached hydrogen (secondary N) is 1. The summed E-state index contributed by atoms with van der Waals surface area (Å²) in [7, 11) is 1.63. The van der Waals surface area contributed by atoms with Crippen LogP contribution in [0.4, 0.5) is 0 Å². The predicted octanol–water partition coefficient (Wildman–Crippen LogP) is 1.30. The van der Waals surface area contributed by atoms with Crippen molar-refractivity contribution in [2.45, 2.75) is 6.04 Å². The molecule has 0 saturated heterocycles. The van der Waals surface area contributed by atoms with Crippen molar-refractivity contribution in [1.29, 1.82) is 0 Å². The molecule has 0 bridgehead atoms. The topological polar surface area (TPSA) is 41.5 Å². The Bertz CT molecular complexity index is 298. The highest BCUT2D eigenvalue weighted by Crippen LogP contribution is 2.00. The monoisotopic (exact) mass is 221 g/mol. The fourth-order valence-electron chi connectivity index (χ4n) is 1.37. The van der Waals surface area contributed by atoms with Crippen LogP contribution in [0.15, 0.2) is 36.4 Å². The molecule has 0 aliphatic heterocycles. The van der Waals surface area contributed by atoms with Crippen molar-refractivity contribution in [3.63, 3.8) is 0 Å². The maximum Gasteiger partial charge on any atom is 0.0638 e. The smallest absolute Gasteiger partial charge is 0.0638 e. The van der Waals surface area contributed by atoms with Gasteiger partial charge in [-0.05, 0) is 5.56 Å². The number of aliphatic hydroxyl groups is 1. The molecule has 1 rings (SSSR count). The van der Waals surface area contributed by atoms with Crippen molar-refractivity contribution in [3.8, 4) is 0 Å². The van der Waals surface area contributed by atoms with Crippen LogP contribution in [0.5, 0.6) is 0 Å². The minimum Gasteiger partial charge on any atom is -0.395 e. The number of methoxy groups -OCH3 is 1. The van der Waals surface area contributed by atoms with Crippen molar-refractivity contribution < 1.29 is 9.84 Å². The molecule has 1 atom stereocenters. The van der Waals surface area contributed by atoms with Crippen LogP contribution in [0.1, 0.15) is 5.56 Å². The van der Waals surface area contributed by atoms with Gasteiger partial charge in [-0.25, -0.2) is 0 Å². The van der Waals surface area contributed by atoms with E-state index in [9.17, 15) is 0 Å². The van der Waals surface area contributed by atoms with Crippen LogP contribution < -0.4 is 5.32 Å². The Balaban J connectivity index is 2.26. The minimum atomic E-state index is 0.00502. The number of hydrogen-bond acceptors (Lipinski definition) is 3. The highest BCUT2D eigenvalue weighted by atomic mass is 16.5. The van der Waals surface area contributed by atoms with E-state index in [0.29, 0.717) is 6.61 Å². The zero-order valence-corrected chi connectivity index (χ0v) is 9.60. The molecule has 0 aliphatic rings. The SMILES string of the molecule is COCC(CO)NC/C=C/c1ccccc1. The Labute approximate surface area is 96.8 Å². The largest absolute Gasteiger partial charge is 0.395 e. The van der Waals surface area contributed by atoms with E-state index in [0.717, 1.165) is 6.54 Å². The second-order valence-corrected chi connectivity index (χ2v) is 3.56. The molecular formula is C13H19NO2. The van der Waals surface area contributed by atoms with Crippen molar-refractivity contribution in [3.05, 3.63) is 42.0 Å². The van der Waals surface area contributed by atoms with E-state index >= 15 is 0 Å². The summed E-state index contributed by atoms with van der Waals surface area (Å²) in [6.07, 6.45) is 4.09. The lowest BCUT2D eigenvalue weighted by atomic mass is 10.2. The van der Waals surface area contributed by atoms with Crippen molar-refractivity contribution in [2.75, 3.05) is 26.9 Å². The highest BCUT2D eigenvalue weighted by Gasteiger charge is 2.03. The molecule has 0 spiro atoms. The third-order valence-electron chi connectivity index (χ3n) is 2.22. The molecule has 0 saturated carbocycles. The first kappa shape index (κ1) is 12.9. The molecule has 3 heteroatoms. The summed E-state index contributed by atoms with van der Waals surface area (Å²) in [5.41, 5.74) is 1.18. The molecule has 0 heterocycles. The van der Waals surface area contributed by atoms with Crippen LogP contribution in [-0.4, -0.2) is 38.0 Å². The molecule has 3 nitrogen and oxygen atoms in total. The summed E-state index contributed by atoms with van der Waals surface area (Å²) in [5.74, 6) is 0. The van der Waals surface area contributed by atoms with Gasteiger partial charge in [-0.2, -0.15) is 0 Å². The van der Waals surface area contributed by atoms with Gasteiger partial charge < -0.3 is 15.2 Å². The fraction of sp³-hybridized carbons (Fsp3) is 0.385. The van der Waals surface area contributed by atoms with Crippen LogP contribution in [-0.2, 0) is 4.74 Å². The summed E-state index contributed by atoms with van der Waals surface area (Å²) in [6, 6.07) is 10.1. The van der Waals surface area contributed by atoms with Crippen molar-refractivity contribution in [2.24, 2.45) is 0 Å². The molecule has 0 aliphatic carbocycles. The Morgan fingerprint density at radius 2 is 2.12 bits per heavy atom. The molecule has 1 aromatic carbocycles. The lowest BCUT2D eigenvalue weighted by Gasteiger charge is -2.13. The maximum atomic E-state index is 9.01. The zero-order valence-electron chi connectivity index (χ0n) is 9.60. The van der Waals surface area contributed by atoms with E-state index in [1.807, 2.05) is 30.4 Å². The number of hydrogen-bond donors (Lipinski definition) is 2. The van der Waals surface area contributed by atoms with E-state index in [2.05, 4.69) is 17.4 Å². The van der Waals surface area contributed by atoms with Crippen molar-refractivity contribution in [1.82, 2.24) is 5.32 Å². The van der Waals surface area contributed by atoms with Gasteiger partial charge in [0.05, 0.1) is 19.3 Å². The van der Waals surface area contributed by atoms with Gasteiger partial charge in [-0.3, -0.25) is 0 Å². The van der Waals surface area contributed by atoms with Gasteiger partial charge in [-0.1, -0.05) is 42.5 Å². The third-order valence-corrected chi connectivity index (χ3v) is 2.22. The molecule has 88 valence electrons. The summed E-state index contributed by atoms with van der Waals surface area (Å²) in [5, 5.41) is 12.2. The molecule has 0 aromatic heterocycles. The first-order chi connectivity index (χ1) is 7.86. The average molecular weight is 221 g/mol. The normalized spacial score (nSPS) is 13.1. The van der Waals surface area contributed by atoms with E-state index < -0.39 is 0 Å². The van der Waals surface area contributed by atoms with E-state index in [1.54, 1.807) is 7.11 Å². The maximum absolute atomic E-state index is 9.01. The Kier molecular flexibility index (Phi) is 6.49. The Morgan fingerprint density at radius 3 is 2.75 bits per heavy atom. The van der Waals surface area contributed by atoms with Crippen LogP contribution >= 0.6 is 0 Å². The van der Waals surface area contributed by atoms with E-state index in [4.69, 9.17) is 9.84 Å². The lowest BCUT2D eigenvalue weighted by molar-refractivity contribution is 0.130. The molecule has 1 aromatic rings. The van der Waals surface area contributed by atoms with Gasteiger partial charge in [0.1, 0.15) is 0 Å². The van der Waals surface area contributed by atoms with Crippen LogP contribution in [0.2, 0.25) is 0 Å². The summed E-state index contributed by atoms with van der Waals surface area (Å²) in [4.78, 5) is 0. The molecule has 0 fully saturated rings. The van der Waals surface area contributed by atoms with Gasteiger partial charge in [0, 0.05) is 13.7 Å². The molecule has 2 N–H and O–H groups in total. The second kappa shape index (κ2) is 8.05. The molecule has 0 radical (unpaired) electrons. The first-order valence-electron chi connectivity index (χ1n) is 5.41. The second-order valence-electron chi connectivity index (χ2n) is 3.56. The Hall–Kier alpha value is -1.16. The fourth-order valence-corrected chi connectivity index (χ4v) is 1.37. The predicted molar refractivity (Wildman–Crippen MR) is 66.2 cm³/mol. The van der Waals surface area contributed by atoms with Crippen LogP contribution in [0, 0.1) is 0 Å². The summed E-state index contributed by atoms with van der Waals surface area (Å²) < 4.78 is 4.96. The van der Waals surface area contributed by atoms with Crippen molar-refractivity contribution >= 4 is 6.08 Å². The van der Waals surface area contributed by atoms with E-state index in [-0.39, 0.29) is 12.6 Å².